The molecule has 2 aromatic rings. The van der Waals surface area contributed by atoms with Crippen LogP contribution in [-0.2, 0) is 0 Å². The lowest BCUT2D eigenvalue weighted by molar-refractivity contribution is 0.873. The van der Waals surface area contributed by atoms with Gasteiger partial charge in [0.05, 0.1) is 10.7 Å². The maximum atomic E-state index is 11.1. The van der Waals surface area contributed by atoms with E-state index in [1.807, 2.05) is 0 Å². The van der Waals surface area contributed by atoms with Crippen molar-refractivity contribution < 1.29 is 0 Å². The molecule has 0 aliphatic carbocycles. The van der Waals surface area contributed by atoms with E-state index in [2.05, 4.69) is 31.2 Å². The summed E-state index contributed by atoms with van der Waals surface area (Å²) in [4.78, 5) is 11.1. The summed E-state index contributed by atoms with van der Waals surface area (Å²) in [6, 6.07) is 0. The molecule has 0 unspecified atom stereocenters. The van der Waals surface area contributed by atoms with Gasteiger partial charge < -0.3 is 5.10 Å². The molecule has 6 heteroatoms. The number of nitrogens with zero attached hydrogens (tertiary/aromatic N) is 2. The van der Waals surface area contributed by atoms with E-state index < -0.39 is 0 Å². The molecule has 12 heavy (non-hydrogen) atoms. The highest BCUT2D eigenvalue weighted by Crippen LogP contribution is 2.08. The van der Waals surface area contributed by atoms with Gasteiger partial charge in [0, 0.05) is 12.4 Å². The van der Waals surface area contributed by atoms with Crippen molar-refractivity contribution in [2.45, 2.75) is 0 Å². The first-order chi connectivity index (χ1) is 5.77. The molecular weight excluding hydrogens is 224 g/mol. The van der Waals surface area contributed by atoms with Gasteiger partial charge in [-0.3, -0.25) is 9.89 Å². The predicted molar refractivity (Wildman–Crippen MR) is 46.2 cm³/mol. The zero-order chi connectivity index (χ0) is 8.55. The van der Waals surface area contributed by atoms with E-state index in [-0.39, 0.29) is 5.56 Å². The minimum atomic E-state index is -0.189. The van der Waals surface area contributed by atoms with Crippen LogP contribution < -0.4 is 5.56 Å². The molecule has 0 amide bonds. The largest absolute Gasteiger partial charge is 0.303 e. The first-order valence-corrected chi connectivity index (χ1v) is 4.03. The van der Waals surface area contributed by atoms with Crippen LogP contribution in [0.1, 0.15) is 0 Å². The average molecular weight is 229 g/mol. The highest BCUT2D eigenvalue weighted by Gasteiger charge is 2.03. The van der Waals surface area contributed by atoms with Crippen LogP contribution in [0.25, 0.3) is 5.69 Å². The Kier molecular flexibility index (Phi) is 1.61. The van der Waals surface area contributed by atoms with Gasteiger partial charge in [0.25, 0.3) is 5.56 Å². The second kappa shape index (κ2) is 2.63. The maximum absolute atomic E-state index is 11.1. The van der Waals surface area contributed by atoms with E-state index in [0.29, 0.717) is 5.69 Å². The Morgan fingerprint density at radius 1 is 1.58 bits per heavy atom. The van der Waals surface area contributed by atoms with Crippen LogP contribution in [0, 0.1) is 0 Å². The quantitative estimate of drug-likeness (QED) is 0.753. The van der Waals surface area contributed by atoms with E-state index >= 15 is 0 Å². The topological polar surface area (TPSA) is 66.5 Å². The monoisotopic (exact) mass is 228 g/mol. The van der Waals surface area contributed by atoms with E-state index in [1.54, 1.807) is 18.6 Å². The van der Waals surface area contributed by atoms with E-state index in [9.17, 15) is 4.79 Å². The first-order valence-electron chi connectivity index (χ1n) is 3.24. The number of aromatic amines is 2. The van der Waals surface area contributed by atoms with Crippen molar-refractivity contribution in [1.82, 2.24) is 20.0 Å². The summed E-state index contributed by atoms with van der Waals surface area (Å²) in [7, 11) is 0. The number of hydrogen-bond donors (Lipinski definition) is 2. The third kappa shape index (κ3) is 1.10. The van der Waals surface area contributed by atoms with E-state index in [1.165, 1.54) is 4.68 Å². The predicted octanol–water partition coefficient (Wildman–Crippen LogP) is 0.651. The van der Waals surface area contributed by atoms with Crippen molar-refractivity contribution >= 4 is 15.9 Å². The third-order valence-electron chi connectivity index (χ3n) is 1.43. The van der Waals surface area contributed by atoms with Gasteiger partial charge in [-0.25, -0.2) is 4.68 Å². The average Bonchev–Trinajstić information content (AvgIpc) is 2.58. The third-order valence-corrected chi connectivity index (χ3v) is 1.83. The number of rotatable bonds is 1. The molecule has 0 fully saturated rings. The van der Waals surface area contributed by atoms with Crippen LogP contribution in [0.4, 0.5) is 0 Å². The molecule has 0 spiro atoms. The molecule has 2 heterocycles. The van der Waals surface area contributed by atoms with Crippen molar-refractivity contribution in [3.8, 4) is 5.69 Å². The van der Waals surface area contributed by atoms with Crippen LogP contribution in [0.5, 0.6) is 0 Å². The van der Waals surface area contributed by atoms with Gasteiger partial charge in [0.1, 0.15) is 5.69 Å². The molecule has 2 aromatic heterocycles. The highest BCUT2D eigenvalue weighted by molar-refractivity contribution is 9.10. The molecule has 0 aliphatic heterocycles. The van der Waals surface area contributed by atoms with Crippen molar-refractivity contribution in [2.24, 2.45) is 0 Å². The molecule has 0 saturated carbocycles. The summed E-state index contributed by atoms with van der Waals surface area (Å²) < 4.78 is 2.32. The SMILES string of the molecule is O=c1[nH][nH]cc1-n1cc(Br)cn1. The molecule has 5 nitrogen and oxygen atoms in total. The summed E-state index contributed by atoms with van der Waals surface area (Å²) in [5, 5.41) is 8.96. The minimum absolute atomic E-state index is 0.189. The molecule has 2 rings (SSSR count). The maximum Gasteiger partial charge on any atom is 0.289 e. The fourth-order valence-electron chi connectivity index (χ4n) is 0.902. The Hall–Kier alpha value is -1.30. The standard InChI is InChI=1S/C6H5BrN4O/c7-4-1-9-11(3-4)5-2-8-10-6(5)12/h1-3H,(H2,8,10,12). The molecule has 0 saturated heterocycles. The van der Waals surface area contributed by atoms with Crippen LogP contribution in [0.2, 0.25) is 0 Å². The second-order valence-electron chi connectivity index (χ2n) is 2.23. The molecule has 2 N–H and O–H groups in total. The minimum Gasteiger partial charge on any atom is -0.303 e. The van der Waals surface area contributed by atoms with Crippen LogP contribution in [0.3, 0.4) is 0 Å². The van der Waals surface area contributed by atoms with Gasteiger partial charge in [-0.1, -0.05) is 0 Å². The summed E-state index contributed by atoms with van der Waals surface area (Å²) in [6.07, 6.45) is 4.88. The summed E-state index contributed by atoms with van der Waals surface area (Å²) >= 11 is 3.24. The van der Waals surface area contributed by atoms with Crippen LogP contribution >= 0.6 is 15.9 Å². The number of H-pyrrole nitrogens is 2. The molecule has 0 aliphatic rings. The van der Waals surface area contributed by atoms with Gasteiger partial charge in [0.15, 0.2) is 0 Å². The number of aromatic nitrogens is 4. The first kappa shape index (κ1) is 7.35. The zero-order valence-electron chi connectivity index (χ0n) is 5.91. The highest BCUT2D eigenvalue weighted by atomic mass is 79.9. The number of halogens is 1. The van der Waals surface area contributed by atoms with Crippen molar-refractivity contribution in [3.05, 3.63) is 33.4 Å². The van der Waals surface area contributed by atoms with Gasteiger partial charge in [-0.15, -0.1) is 0 Å². The normalized spacial score (nSPS) is 10.4. The Balaban J connectivity index is 2.58. The summed E-state index contributed by atoms with van der Waals surface area (Å²) in [6.45, 7) is 0. The Morgan fingerprint density at radius 2 is 2.42 bits per heavy atom. The molecule has 0 bridgehead atoms. The van der Waals surface area contributed by atoms with Crippen LogP contribution in [-0.4, -0.2) is 20.0 Å². The lowest BCUT2D eigenvalue weighted by Gasteiger charge is -1.90. The van der Waals surface area contributed by atoms with Crippen LogP contribution in [0.15, 0.2) is 27.9 Å². The zero-order valence-corrected chi connectivity index (χ0v) is 7.50. The van der Waals surface area contributed by atoms with Crippen molar-refractivity contribution in [2.75, 3.05) is 0 Å². The molecule has 0 atom stereocenters. The summed E-state index contributed by atoms with van der Waals surface area (Å²) in [5.74, 6) is 0. The second-order valence-corrected chi connectivity index (χ2v) is 3.15. The van der Waals surface area contributed by atoms with E-state index in [0.717, 1.165) is 4.47 Å². The fraction of sp³-hybridized carbons (Fsp3) is 0. The lowest BCUT2D eigenvalue weighted by atomic mass is 10.6. The number of hydrogen-bond acceptors (Lipinski definition) is 2. The van der Waals surface area contributed by atoms with Crippen molar-refractivity contribution in [1.29, 1.82) is 0 Å². The smallest absolute Gasteiger partial charge is 0.289 e. The van der Waals surface area contributed by atoms with E-state index in [4.69, 9.17) is 0 Å². The molecule has 0 radical (unpaired) electrons. The molecule has 0 aromatic carbocycles. The Labute approximate surface area is 75.5 Å². The van der Waals surface area contributed by atoms with Gasteiger partial charge in [-0.2, -0.15) is 5.10 Å². The Morgan fingerprint density at radius 3 is 2.92 bits per heavy atom. The Bertz CT molecular complexity index is 440. The molecule has 62 valence electrons. The van der Waals surface area contributed by atoms with Crippen molar-refractivity contribution in [3.63, 3.8) is 0 Å². The van der Waals surface area contributed by atoms with Gasteiger partial charge >= 0.3 is 0 Å². The summed E-state index contributed by atoms with van der Waals surface area (Å²) in [5.41, 5.74) is 0.284. The van der Waals surface area contributed by atoms with Gasteiger partial charge in [-0.05, 0) is 15.9 Å². The lowest BCUT2D eigenvalue weighted by Crippen LogP contribution is -2.08. The van der Waals surface area contributed by atoms with Gasteiger partial charge in [0.2, 0.25) is 0 Å². The molecular formula is C6H5BrN4O. The number of nitrogens with one attached hydrogen (secondary N) is 2. The fourth-order valence-corrected chi connectivity index (χ4v) is 1.19.